The van der Waals surface area contributed by atoms with Crippen LogP contribution in [0.4, 0.5) is 22.0 Å². The molecule has 0 saturated carbocycles. The van der Waals surface area contributed by atoms with Gasteiger partial charge in [0.05, 0.1) is 17.2 Å². The number of amides is 1. The molecule has 0 aliphatic rings. The second-order valence-corrected chi connectivity index (χ2v) is 6.69. The fourth-order valence-corrected chi connectivity index (χ4v) is 2.78. The van der Waals surface area contributed by atoms with Crippen LogP contribution in [0.5, 0.6) is 5.75 Å². The van der Waals surface area contributed by atoms with E-state index < -0.39 is 48.0 Å². The topological polar surface area (TPSA) is 106 Å². The summed E-state index contributed by atoms with van der Waals surface area (Å²) in [6.07, 6.45) is -5.22. The standard InChI is InChI=1S/C20H15F5N6O2/c1-11(18-28-10-29-31(18)17-3-2-12(7-26)8-27-17)30-19(32)13-4-14(20(23,24)25)6-15(5-13)33-9-16(21)22/h2-6,8,10-11,16H,9H2,1H3,(H,30,32). The Morgan fingerprint density at radius 1 is 1.24 bits per heavy atom. The number of rotatable bonds is 7. The summed E-state index contributed by atoms with van der Waals surface area (Å²) in [5.41, 5.74) is -1.35. The van der Waals surface area contributed by atoms with Crippen molar-refractivity contribution in [3.63, 3.8) is 0 Å². The fourth-order valence-electron chi connectivity index (χ4n) is 2.78. The number of nitrogens with zero attached hydrogens (tertiary/aromatic N) is 5. The molecule has 1 unspecified atom stereocenters. The molecule has 172 valence electrons. The predicted molar refractivity (Wildman–Crippen MR) is 103 cm³/mol. The maximum Gasteiger partial charge on any atom is 0.416 e. The molecule has 0 spiro atoms. The minimum absolute atomic E-state index is 0.210. The molecule has 1 amide bonds. The van der Waals surface area contributed by atoms with E-state index in [4.69, 9.17) is 5.26 Å². The van der Waals surface area contributed by atoms with Gasteiger partial charge in [-0.1, -0.05) is 0 Å². The molecule has 33 heavy (non-hydrogen) atoms. The summed E-state index contributed by atoms with van der Waals surface area (Å²) in [6, 6.07) is 6.15. The third kappa shape index (κ3) is 5.79. The first-order chi connectivity index (χ1) is 15.6. The highest BCUT2D eigenvalue weighted by atomic mass is 19.4. The number of alkyl halides is 5. The molecule has 2 heterocycles. The lowest BCUT2D eigenvalue weighted by Gasteiger charge is -2.16. The minimum Gasteiger partial charge on any atom is -0.488 e. The van der Waals surface area contributed by atoms with E-state index in [1.54, 1.807) is 0 Å². The summed E-state index contributed by atoms with van der Waals surface area (Å²) < 4.78 is 70.4. The molecular formula is C20H15F5N6O2. The van der Waals surface area contributed by atoms with Crippen molar-refractivity contribution in [2.24, 2.45) is 0 Å². The molecule has 0 fully saturated rings. The summed E-state index contributed by atoms with van der Waals surface area (Å²) in [6.45, 7) is 0.392. The zero-order valence-corrected chi connectivity index (χ0v) is 16.8. The molecule has 0 aliphatic carbocycles. The highest BCUT2D eigenvalue weighted by Gasteiger charge is 2.32. The second-order valence-electron chi connectivity index (χ2n) is 6.69. The summed E-state index contributed by atoms with van der Waals surface area (Å²) in [7, 11) is 0. The zero-order chi connectivity index (χ0) is 24.2. The second kappa shape index (κ2) is 9.60. The van der Waals surface area contributed by atoms with Gasteiger partial charge >= 0.3 is 6.18 Å². The van der Waals surface area contributed by atoms with Crippen LogP contribution in [0.1, 0.15) is 40.3 Å². The van der Waals surface area contributed by atoms with Crippen LogP contribution in [0, 0.1) is 11.3 Å². The number of ether oxygens (including phenoxy) is 1. The third-order valence-corrected chi connectivity index (χ3v) is 4.28. The Labute approximate surface area is 183 Å². The average molecular weight is 466 g/mol. The van der Waals surface area contributed by atoms with Crippen molar-refractivity contribution >= 4 is 5.91 Å². The van der Waals surface area contributed by atoms with Gasteiger partial charge in [0.1, 0.15) is 24.8 Å². The van der Waals surface area contributed by atoms with Crippen LogP contribution in [0.15, 0.2) is 42.9 Å². The Balaban J connectivity index is 1.84. The molecule has 0 radical (unpaired) electrons. The fraction of sp³-hybridized carbons (Fsp3) is 0.250. The van der Waals surface area contributed by atoms with Gasteiger partial charge in [0.25, 0.3) is 12.3 Å². The molecule has 0 saturated heterocycles. The Morgan fingerprint density at radius 3 is 2.61 bits per heavy atom. The molecular weight excluding hydrogens is 451 g/mol. The van der Waals surface area contributed by atoms with E-state index in [9.17, 15) is 26.7 Å². The van der Waals surface area contributed by atoms with Crippen molar-refractivity contribution in [3.8, 4) is 17.6 Å². The number of nitriles is 1. The van der Waals surface area contributed by atoms with Gasteiger partial charge in [-0.25, -0.2) is 18.7 Å². The molecule has 2 aromatic heterocycles. The van der Waals surface area contributed by atoms with Crippen molar-refractivity contribution in [3.05, 3.63) is 65.4 Å². The number of aromatic nitrogens is 4. The van der Waals surface area contributed by atoms with E-state index in [2.05, 4.69) is 25.1 Å². The summed E-state index contributed by atoms with van der Waals surface area (Å²) in [5, 5.41) is 15.4. The molecule has 3 aromatic rings. The van der Waals surface area contributed by atoms with Gasteiger partial charge in [-0.15, -0.1) is 0 Å². The first-order valence-electron chi connectivity index (χ1n) is 9.29. The van der Waals surface area contributed by atoms with Gasteiger partial charge in [0, 0.05) is 11.8 Å². The highest BCUT2D eigenvalue weighted by molar-refractivity contribution is 5.95. The lowest BCUT2D eigenvalue weighted by Crippen LogP contribution is -2.29. The Kier molecular flexibility index (Phi) is 6.86. The van der Waals surface area contributed by atoms with Crippen LogP contribution < -0.4 is 10.1 Å². The normalized spacial score (nSPS) is 12.3. The van der Waals surface area contributed by atoms with Crippen LogP contribution in [0.3, 0.4) is 0 Å². The van der Waals surface area contributed by atoms with Crippen LogP contribution in [0.2, 0.25) is 0 Å². The molecule has 8 nitrogen and oxygen atoms in total. The van der Waals surface area contributed by atoms with Crippen LogP contribution >= 0.6 is 0 Å². The van der Waals surface area contributed by atoms with Crippen molar-refractivity contribution < 1.29 is 31.5 Å². The lowest BCUT2D eigenvalue weighted by molar-refractivity contribution is -0.137. The molecule has 1 aromatic carbocycles. The van der Waals surface area contributed by atoms with Crippen LogP contribution in [0.25, 0.3) is 5.82 Å². The van der Waals surface area contributed by atoms with E-state index >= 15 is 0 Å². The molecule has 1 atom stereocenters. The van der Waals surface area contributed by atoms with Crippen LogP contribution in [-0.2, 0) is 6.18 Å². The third-order valence-electron chi connectivity index (χ3n) is 4.28. The Hall–Kier alpha value is -4.08. The van der Waals surface area contributed by atoms with Gasteiger partial charge < -0.3 is 10.1 Å². The number of halogens is 5. The van der Waals surface area contributed by atoms with Crippen LogP contribution in [-0.4, -0.2) is 38.7 Å². The number of hydrogen-bond acceptors (Lipinski definition) is 6. The van der Waals surface area contributed by atoms with Gasteiger partial charge in [-0.2, -0.15) is 28.2 Å². The van der Waals surface area contributed by atoms with E-state index in [0.717, 1.165) is 6.07 Å². The maximum atomic E-state index is 13.2. The smallest absolute Gasteiger partial charge is 0.416 e. The Morgan fingerprint density at radius 2 is 2.00 bits per heavy atom. The first kappa shape index (κ1) is 23.6. The van der Waals surface area contributed by atoms with E-state index in [0.29, 0.717) is 23.5 Å². The molecule has 1 N–H and O–H groups in total. The number of pyridine rings is 1. The Bertz CT molecular complexity index is 1170. The monoisotopic (exact) mass is 466 g/mol. The predicted octanol–water partition coefficient (Wildman–Crippen LogP) is 3.69. The quantitative estimate of drug-likeness (QED) is 0.533. The largest absolute Gasteiger partial charge is 0.488 e. The van der Waals surface area contributed by atoms with Crippen molar-refractivity contribution in [2.45, 2.75) is 25.6 Å². The summed E-state index contributed by atoms with van der Waals surface area (Å²) in [5.74, 6) is -0.934. The van der Waals surface area contributed by atoms with Gasteiger partial charge in [0.2, 0.25) is 0 Å². The number of hydrogen-bond donors (Lipinski definition) is 1. The lowest BCUT2D eigenvalue weighted by atomic mass is 10.1. The number of nitrogens with one attached hydrogen (secondary N) is 1. The van der Waals surface area contributed by atoms with Crippen molar-refractivity contribution in [2.75, 3.05) is 6.61 Å². The molecule has 13 heteroatoms. The van der Waals surface area contributed by atoms with E-state index in [1.165, 1.54) is 36.3 Å². The number of benzene rings is 1. The van der Waals surface area contributed by atoms with Gasteiger partial charge in [-0.3, -0.25) is 4.79 Å². The number of carbonyl (C=O) groups excluding carboxylic acids is 1. The molecule has 0 bridgehead atoms. The average Bonchev–Trinajstić information content (AvgIpc) is 3.27. The van der Waals surface area contributed by atoms with Gasteiger partial charge in [-0.05, 0) is 37.3 Å². The number of carbonyl (C=O) groups is 1. The summed E-state index contributed by atoms with van der Waals surface area (Å²) in [4.78, 5) is 20.8. The molecule has 3 rings (SSSR count). The SMILES string of the molecule is CC(NC(=O)c1cc(OCC(F)F)cc(C(F)(F)F)c1)c1ncnn1-c1ccc(C#N)cn1. The zero-order valence-electron chi connectivity index (χ0n) is 16.8. The maximum absolute atomic E-state index is 13.2. The van der Waals surface area contributed by atoms with Crippen molar-refractivity contribution in [1.29, 1.82) is 5.26 Å². The van der Waals surface area contributed by atoms with E-state index in [-0.39, 0.29) is 5.82 Å². The first-order valence-corrected chi connectivity index (χ1v) is 9.29. The van der Waals surface area contributed by atoms with Crippen molar-refractivity contribution in [1.82, 2.24) is 25.1 Å². The molecule has 0 aliphatic heterocycles. The highest BCUT2D eigenvalue weighted by Crippen LogP contribution is 2.33. The van der Waals surface area contributed by atoms with Gasteiger partial charge in [0.15, 0.2) is 11.6 Å². The minimum atomic E-state index is -4.83. The summed E-state index contributed by atoms with van der Waals surface area (Å²) >= 11 is 0. The van der Waals surface area contributed by atoms with E-state index in [1.807, 2.05) is 6.07 Å².